The summed E-state index contributed by atoms with van der Waals surface area (Å²) in [5, 5.41) is 9.24. The predicted molar refractivity (Wildman–Crippen MR) is 87.7 cm³/mol. The third-order valence-corrected chi connectivity index (χ3v) is 3.44. The second-order valence-electron chi connectivity index (χ2n) is 5.01. The fourth-order valence-electron chi connectivity index (χ4n) is 2.49. The van der Waals surface area contributed by atoms with Gasteiger partial charge in [0.25, 0.3) is 0 Å². The highest BCUT2D eigenvalue weighted by atomic mass is 16.5. The van der Waals surface area contributed by atoms with Gasteiger partial charge in [-0.25, -0.2) is 4.98 Å². The van der Waals surface area contributed by atoms with Crippen LogP contribution < -0.4 is 4.74 Å². The molecule has 0 radical (unpaired) electrons. The highest BCUT2D eigenvalue weighted by molar-refractivity contribution is 5.77. The van der Waals surface area contributed by atoms with E-state index in [1.807, 2.05) is 42.5 Å². The van der Waals surface area contributed by atoms with Gasteiger partial charge in [0.2, 0.25) is 0 Å². The Morgan fingerprint density at radius 3 is 2.74 bits per heavy atom. The molecule has 3 rings (SSSR count). The Kier molecular flexibility index (Phi) is 4.10. The molecule has 116 valence electrons. The number of fused-ring (bicyclic) bond motifs is 1. The molecule has 3 aromatic rings. The maximum absolute atomic E-state index is 11.3. The summed E-state index contributed by atoms with van der Waals surface area (Å²) in [6.45, 7) is 4.00. The number of rotatable bonds is 6. The minimum absolute atomic E-state index is 0.115. The molecule has 2 aromatic heterocycles. The van der Waals surface area contributed by atoms with E-state index in [-0.39, 0.29) is 6.42 Å². The van der Waals surface area contributed by atoms with Gasteiger partial charge in [-0.1, -0.05) is 43.0 Å². The predicted octanol–water partition coefficient (Wildman–Crippen LogP) is 3.19. The topological polar surface area (TPSA) is 63.8 Å². The summed E-state index contributed by atoms with van der Waals surface area (Å²) in [5.74, 6) is -0.303. The minimum atomic E-state index is -0.901. The molecular formula is C18H16N2O3. The molecule has 0 spiro atoms. The van der Waals surface area contributed by atoms with E-state index in [0.717, 1.165) is 5.56 Å². The number of benzene rings is 1. The smallest absolute Gasteiger partial charge is 0.309 e. The lowest BCUT2D eigenvalue weighted by molar-refractivity contribution is -0.136. The average molecular weight is 308 g/mol. The Hall–Kier alpha value is -3.08. The van der Waals surface area contributed by atoms with Crippen molar-refractivity contribution >= 4 is 11.6 Å². The van der Waals surface area contributed by atoms with Crippen LogP contribution in [0.15, 0.2) is 61.3 Å². The van der Waals surface area contributed by atoms with Gasteiger partial charge < -0.3 is 9.84 Å². The molecule has 2 heterocycles. The molecule has 5 heteroatoms. The minimum Gasteiger partial charge on any atom is -0.486 e. The molecule has 0 saturated heterocycles. The molecule has 0 aliphatic carbocycles. The lowest BCUT2D eigenvalue weighted by Gasteiger charge is -2.05. The van der Waals surface area contributed by atoms with Gasteiger partial charge in [0, 0.05) is 11.8 Å². The van der Waals surface area contributed by atoms with Gasteiger partial charge in [-0.05, 0) is 12.1 Å². The zero-order valence-electron chi connectivity index (χ0n) is 12.5. The van der Waals surface area contributed by atoms with E-state index < -0.39 is 5.97 Å². The molecule has 0 saturated carbocycles. The van der Waals surface area contributed by atoms with Crippen molar-refractivity contribution < 1.29 is 14.6 Å². The molecule has 0 aliphatic rings. The first-order valence-electron chi connectivity index (χ1n) is 7.21. The average Bonchev–Trinajstić information content (AvgIpc) is 2.92. The second kappa shape index (κ2) is 6.36. The largest absolute Gasteiger partial charge is 0.486 e. The van der Waals surface area contributed by atoms with Crippen LogP contribution in [0.5, 0.6) is 5.75 Å². The summed E-state index contributed by atoms with van der Waals surface area (Å²) in [6.07, 6.45) is 3.34. The number of carboxylic acids is 1. The molecule has 0 bridgehead atoms. The molecule has 1 aromatic carbocycles. The first-order chi connectivity index (χ1) is 11.2. The first-order valence-corrected chi connectivity index (χ1v) is 7.21. The second-order valence-corrected chi connectivity index (χ2v) is 5.01. The summed E-state index contributed by atoms with van der Waals surface area (Å²) in [5.41, 5.74) is 2.76. The van der Waals surface area contributed by atoms with E-state index in [9.17, 15) is 9.90 Å². The van der Waals surface area contributed by atoms with E-state index in [0.29, 0.717) is 29.4 Å². The lowest BCUT2D eigenvalue weighted by Crippen LogP contribution is -2.05. The van der Waals surface area contributed by atoms with Gasteiger partial charge in [-0.2, -0.15) is 0 Å². The summed E-state index contributed by atoms with van der Waals surface area (Å²) in [7, 11) is 0. The number of nitrogens with zero attached hydrogens (tertiary/aromatic N) is 2. The van der Waals surface area contributed by atoms with E-state index in [4.69, 9.17) is 4.74 Å². The normalized spacial score (nSPS) is 10.6. The molecule has 0 unspecified atom stereocenters. The quantitative estimate of drug-likeness (QED) is 0.710. The van der Waals surface area contributed by atoms with Gasteiger partial charge >= 0.3 is 5.97 Å². The van der Waals surface area contributed by atoms with E-state index >= 15 is 0 Å². The van der Waals surface area contributed by atoms with Crippen LogP contribution >= 0.6 is 0 Å². The molecule has 0 amide bonds. The van der Waals surface area contributed by atoms with Crippen LogP contribution in [0.4, 0.5) is 0 Å². The number of carbonyl (C=O) groups is 1. The van der Waals surface area contributed by atoms with Gasteiger partial charge in [-0.15, -0.1) is 0 Å². The van der Waals surface area contributed by atoms with Crippen LogP contribution in [0.2, 0.25) is 0 Å². The summed E-state index contributed by atoms with van der Waals surface area (Å²) in [4.78, 5) is 15.9. The van der Waals surface area contributed by atoms with E-state index in [2.05, 4.69) is 11.6 Å². The van der Waals surface area contributed by atoms with Crippen molar-refractivity contribution in [1.82, 2.24) is 9.38 Å². The standard InChI is InChI=1S/C18H16N2O3/c1-2-11-23-15-9-6-10-20-14(12-16(21)22)17(19-18(15)20)13-7-4-3-5-8-13/h2-10H,1,11-12H2,(H,21,22). The van der Waals surface area contributed by atoms with E-state index in [1.165, 1.54) is 0 Å². The van der Waals surface area contributed by atoms with Crippen molar-refractivity contribution in [3.05, 3.63) is 67.0 Å². The third kappa shape index (κ3) is 2.94. The highest BCUT2D eigenvalue weighted by Gasteiger charge is 2.18. The molecule has 23 heavy (non-hydrogen) atoms. The Morgan fingerprint density at radius 2 is 2.04 bits per heavy atom. The van der Waals surface area contributed by atoms with Gasteiger partial charge in [0.05, 0.1) is 17.8 Å². The summed E-state index contributed by atoms with van der Waals surface area (Å²) in [6, 6.07) is 13.2. The van der Waals surface area contributed by atoms with Crippen molar-refractivity contribution in [2.24, 2.45) is 0 Å². The zero-order chi connectivity index (χ0) is 16.2. The first kappa shape index (κ1) is 14.8. The molecule has 0 aliphatic heterocycles. The Morgan fingerprint density at radius 1 is 1.26 bits per heavy atom. The number of hydrogen-bond donors (Lipinski definition) is 1. The molecule has 0 atom stereocenters. The number of imidazole rings is 1. The van der Waals surface area contributed by atoms with Crippen LogP contribution in [0.25, 0.3) is 16.9 Å². The third-order valence-electron chi connectivity index (χ3n) is 3.44. The molecule has 0 fully saturated rings. The number of pyridine rings is 1. The number of hydrogen-bond acceptors (Lipinski definition) is 3. The van der Waals surface area contributed by atoms with Crippen molar-refractivity contribution in [1.29, 1.82) is 0 Å². The summed E-state index contributed by atoms with van der Waals surface area (Å²) >= 11 is 0. The summed E-state index contributed by atoms with van der Waals surface area (Å²) < 4.78 is 7.40. The van der Waals surface area contributed by atoms with Gasteiger partial charge in [0.15, 0.2) is 11.4 Å². The number of ether oxygens (including phenoxy) is 1. The zero-order valence-corrected chi connectivity index (χ0v) is 12.5. The lowest BCUT2D eigenvalue weighted by atomic mass is 10.1. The van der Waals surface area contributed by atoms with Crippen molar-refractivity contribution in [2.45, 2.75) is 6.42 Å². The SMILES string of the molecule is C=CCOc1cccn2c(CC(=O)O)c(-c3ccccc3)nc12. The van der Waals surface area contributed by atoms with Crippen LogP contribution in [0.3, 0.4) is 0 Å². The highest BCUT2D eigenvalue weighted by Crippen LogP contribution is 2.29. The molecular weight excluding hydrogens is 292 g/mol. The Balaban J connectivity index is 2.21. The van der Waals surface area contributed by atoms with Crippen LogP contribution in [-0.2, 0) is 11.2 Å². The van der Waals surface area contributed by atoms with Gasteiger partial charge in [-0.3, -0.25) is 9.20 Å². The van der Waals surface area contributed by atoms with Crippen molar-refractivity contribution in [3.63, 3.8) is 0 Å². The fraction of sp³-hybridized carbons (Fsp3) is 0.111. The fourth-order valence-corrected chi connectivity index (χ4v) is 2.49. The van der Waals surface area contributed by atoms with Crippen molar-refractivity contribution in [3.8, 4) is 17.0 Å². The number of carboxylic acid groups (broad SMARTS) is 1. The number of aromatic nitrogens is 2. The Labute approximate surface area is 133 Å². The maximum atomic E-state index is 11.3. The number of aliphatic carboxylic acids is 1. The maximum Gasteiger partial charge on any atom is 0.309 e. The van der Waals surface area contributed by atoms with Gasteiger partial charge in [0.1, 0.15) is 6.61 Å². The molecule has 5 nitrogen and oxygen atoms in total. The van der Waals surface area contributed by atoms with E-state index in [1.54, 1.807) is 16.7 Å². The van der Waals surface area contributed by atoms with Crippen molar-refractivity contribution in [2.75, 3.05) is 6.61 Å². The van der Waals surface area contributed by atoms with Crippen LogP contribution in [-0.4, -0.2) is 27.1 Å². The van der Waals surface area contributed by atoms with Crippen LogP contribution in [0.1, 0.15) is 5.69 Å². The monoisotopic (exact) mass is 308 g/mol. The molecule has 1 N–H and O–H groups in total. The Bertz CT molecular complexity index is 853. The van der Waals surface area contributed by atoms with Crippen LogP contribution in [0, 0.1) is 0 Å².